The normalized spacial score (nSPS) is 12.9. The topological polar surface area (TPSA) is 155 Å². The molecule has 4 aromatic rings. The molecule has 45 heavy (non-hydrogen) atoms. The molecule has 0 aliphatic carbocycles. The van der Waals surface area contributed by atoms with E-state index in [9.17, 15) is 25.2 Å². The number of fused-ring (bicyclic) bond motifs is 8. The number of aryl methyl sites for hydroxylation is 5. The summed E-state index contributed by atoms with van der Waals surface area (Å²) in [4.78, 5) is 41.6. The van der Waals surface area contributed by atoms with Gasteiger partial charge in [0, 0.05) is 29.1 Å². The third-order valence-electron chi connectivity index (χ3n) is 8.72. The van der Waals surface area contributed by atoms with E-state index in [1.807, 2.05) is 39.8 Å². The second-order valence-electron chi connectivity index (χ2n) is 11.5. The molecule has 0 aromatic carbocycles. The van der Waals surface area contributed by atoms with Crippen LogP contribution >= 0.6 is 12.6 Å². The smallest absolute Gasteiger partial charge is 0.657 e. The number of carboxylic acid groups (broad SMARTS) is 2. The number of rotatable bonds is 8. The van der Waals surface area contributed by atoms with Crippen molar-refractivity contribution < 1.29 is 36.9 Å². The van der Waals surface area contributed by atoms with E-state index in [-0.39, 0.29) is 53.4 Å². The van der Waals surface area contributed by atoms with Gasteiger partial charge in [0.1, 0.15) is 0 Å². The summed E-state index contributed by atoms with van der Waals surface area (Å²) in [6.45, 7) is 12.0. The maximum atomic E-state index is 11.6. The summed E-state index contributed by atoms with van der Waals surface area (Å²) in [5.74, 6) is -1.88. The van der Waals surface area contributed by atoms with Gasteiger partial charge >= 0.3 is 29.0 Å². The van der Waals surface area contributed by atoms with Gasteiger partial charge in [-0.25, -0.2) is 4.98 Å². The number of allylic oxidation sites excluding steroid dienone is 2. The fraction of sp³-hybridized carbons (Fsp3) is 0.353. The molecular formula is C34H37FeN5O4S. The SMILES string of the molecule is CCc1c(C)c2cc3[nH]c(cc4[n-]c(c(CCC(=O)O)c4C)c(=N)c4nc(cc1[n-]2)C(C)=C4CCC(=O)O)c(C)c3[C@H](C)S.[Fe+2]. The molecule has 0 saturated heterocycles. The number of carbonyl (C=O) groups is 2. The fourth-order valence-corrected chi connectivity index (χ4v) is 6.61. The Morgan fingerprint density at radius 3 is 2.13 bits per heavy atom. The molecule has 0 saturated carbocycles. The monoisotopic (exact) mass is 667 g/mol. The average Bonchev–Trinajstić information content (AvgIpc) is 3.63. The second-order valence-corrected chi connectivity index (χ2v) is 12.3. The van der Waals surface area contributed by atoms with Gasteiger partial charge in [0.2, 0.25) is 0 Å². The minimum Gasteiger partial charge on any atom is -0.657 e. The summed E-state index contributed by atoms with van der Waals surface area (Å²) < 4.78 is 0. The summed E-state index contributed by atoms with van der Waals surface area (Å²) in [5, 5.41) is 28.3. The maximum Gasteiger partial charge on any atom is 2.00 e. The van der Waals surface area contributed by atoms with Gasteiger partial charge in [-0.3, -0.25) is 15.0 Å². The van der Waals surface area contributed by atoms with Crippen LogP contribution in [0.4, 0.5) is 0 Å². The van der Waals surface area contributed by atoms with Gasteiger partial charge in [-0.05, 0) is 76.2 Å². The quantitative estimate of drug-likeness (QED) is 0.105. The first-order valence-electron chi connectivity index (χ1n) is 14.8. The molecule has 0 amide bonds. The molecule has 236 valence electrons. The number of H-pyrrole nitrogens is 1. The van der Waals surface area contributed by atoms with Crippen LogP contribution in [0.15, 0.2) is 18.2 Å². The van der Waals surface area contributed by atoms with Crippen molar-refractivity contribution in [1.29, 1.82) is 5.41 Å². The fourth-order valence-electron chi connectivity index (χ4n) is 6.28. The largest absolute Gasteiger partial charge is 2.00 e. The Labute approximate surface area is 277 Å². The molecule has 5 rings (SSSR count). The number of aromatic nitrogens is 4. The maximum absolute atomic E-state index is 11.6. The van der Waals surface area contributed by atoms with Crippen LogP contribution in [0.3, 0.4) is 0 Å². The molecule has 1 atom stereocenters. The van der Waals surface area contributed by atoms with E-state index in [4.69, 9.17) is 27.6 Å². The van der Waals surface area contributed by atoms with Crippen molar-refractivity contribution in [2.75, 3.05) is 0 Å². The van der Waals surface area contributed by atoms with Gasteiger partial charge in [-0.1, -0.05) is 47.4 Å². The van der Waals surface area contributed by atoms with Crippen LogP contribution in [0.2, 0.25) is 0 Å². The van der Waals surface area contributed by atoms with Crippen LogP contribution in [0.5, 0.6) is 0 Å². The zero-order chi connectivity index (χ0) is 32.0. The molecule has 9 nitrogen and oxygen atoms in total. The van der Waals surface area contributed by atoms with Crippen molar-refractivity contribution in [2.24, 2.45) is 0 Å². The molecule has 0 unspecified atom stereocenters. The van der Waals surface area contributed by atoms with Crippen LogP contribution in [0.1, 0.15) is 90.1 Å². The zero-order valence-corrected chi connectivity index (χ0v) is 28.2. The van der Waals surface area contributed by atoms with Crippen LogP contribution in [0.25, 0.3) is 44.2 Å². The minimum atomic E-state index is -0.940. The standard InChI is InChI=1S/C34H39N5O4S.Fe/c1-7-20-15(2)23-14-28-31(19(6)44)18(5)26(37-28)12-24-16(3)21(8-10-29(40)41)33(38-24)32(35)34-22(9-11-30(42)43)17(4)25(39-34)13-27(20)36-23;/h12-14,19H,7-11H2,1-6H3,(H7,35,36,37,38,39,40,41,42,43,44);/q;+2/p-2/t19-;/m0./s1. The van der Waals surface area contributed by atoms with Gasteiger partial charge in [0.25, 0.3) is 0 Å². The Morgan fingerprint density at radius 2 is 1.51 bits per heavy atom. The first kappa shape index (κ1) is 34.1. The Morgan fingerprint density at radius 1 is 0.911 bits per heavy atom. The summed E-state index contributed by atoms with van der Waals surface area (Å²) in [5.41, 5.74) is 12.5. The molecule has 1 aliphatic rings. The Hall–Kier alpha value is -3.79. The van der Waals surface area contributed by atoms with Gasteiger partial charge in [0.15, 0.2) is 0 Å². The van der Waals surface area contributed by atoms with E-state index in [1.165, 1.54) is 0 Å². The molecule has 4 N–H and O–H groups in total. The number of nitrogens with one attached hydrogen (secondary N) is 2. The van der Waals surface area contributed by atoms with Gasteiger partial charge in [0.05, 0.1) is 16.7 Å². The zero-order valence-electron chi connectivity index (χ0n) is 26.2. The van der Waals surface area contributed by atoms with Crippen LogP contribution in [-0.4, -0.2) is 32.1 Å². The van der Waals surface area contributed by atoms with E-state index in [2.05, 4.69) is 24.9 Å². The molecule has 0 fully saturated rings. The molecule has 8 bridgehead atoms. The number of hydrogen-bond donors (Lipinski definition) is 5. The number of aromatic amines is 1. The van der Waals surface area contributed by atoms with Crippen molar-refractivity contribution >= 4 is 68.8 Å². The van der Waals surface area contributed by atoms with E-state index in [0.717, 1.165) is 61.9 Å². The van der Waals surface area contributed by atoms with Crippen LogP contribution in [0, 0.1) is 26.2 Å². The number of thiol groups is 1. The summed E-state index contributed by atoms with van der Waals surface area (Å²) in [6.07, 6.45) is 0.931. The first-order chi connectivity index (χ1) is 20.8. The van der Waals surface area contributed by atoms with E-state index in [1.54, 1.807) is 0 Å². The number of nitrogens with zero attached hydrogens (tertiary/aromatic N) is 3. The summed E-state index contributed by atoms with van der Waals surface area (Å²) >= 11 is 4.80. The molecule has 4 aromatic heterocycles. The molecule has 0 spiro atoms. The molecular weight excluding hydrogens is 630 g/mol. The third-order valence-corrected chi connectivity index (χ3v) is 8.98. The van der Waals surface area contributed by atoms with Crippen molar-refractivity contribution in [2.45, 2.75) is 78.9 Å². The Bertz CT molecular complexity index is 2070. The predicted octanol–water partition coefficient (Wildman–Crippen LogP) is 6.55. The number of carboxylic acids is 2. The Kier molecular flexibility index (Phi) is 10.1. The molecule has 1 aliphatic heterocycles. The Balaban J connectivity index is 0.00000461. The first-order valence-corrected chi connectivity index (χ1v) is 15.3. The average molecular weight is 668 g/mol. The predicted molar refractivity (Wildman–Crippen MR) is 176 cm³/mol. The van der Waals surface area contributed by atoms with Crippen molar-refractivity contribution in [3.8, 4) is 0 Å². The van der Waals surface area contributed by atoms with Crippen molar-refractivity contribution in [1.82, 2.24) is 19.9 Å². The number of hydrogen-bond acceptors (Lipinski definition) is 5. The third kappa shape index (κ3) is 6.34. The van der Waals surface area contributed by atoms with Crippen LogP contribution < -0.4 is 15.3 Å². The molecule has 0 radical (unpaired) electrons. The van der Waals surface area contributed by atoms with Crippen molar-refractivity contribution in [3.05, 3.63) is 68.3 Å². The van der Waals surface area contributed by atoms with Gasteiger partial charge < -0.3 is 25.2 Å². The van der Waals surface area contributed by atoms with E-state index < -0.39 is 11.9 Å². The van der Waals surface area contributed by atoms with E-state index in [0.29, 0.717) is 33.6 Å². The number of aliphatic carboxylic acids is 2. The van der Waals surface area contributed by atoms with Gasteiger partial charge in [-0.2, -0.15) is 12.6 Å². The summed E-state index contributed by atoms with van der Waals surface area (Å²) in [7, 11) is 0. The molecule has 5 heterocycles. The van der Waals surface area contributed by atoms with E-state index >= 15 is 0 Å². The van der Waals surface area contributed by atoms with Crippen molar-refractivity contribution in [3.63, 3.8) is 0 Å². The second kappa shape index (κ2) is 13.3. The minimum absolute atomic E-state index is 0. The van der Waals surface area contributed by atoms with Crippen LogP contribution in [-0.2, 0) is 39.5 Å². The molecule has 11 heteroatoms. The van der Waals surface area contributed by atoms with Gasteiger partial charge in [-0.15, -0.1) is 22.1 Å². The summed E-state index contributed by atoms with van der Waals surface area (Å²) in [6, 6.07) is 5.92.